The fraction of sp³-hybridized carbons (Fsp3) is 0.167. The Hall–Kier alpha value is -2.85. The summed E-state index contributed by atoms with van der Waals surface area (Å²) in [6.45, 7) is 4.56. The molecule has 7 nitrogen and oxygen atoms in total. The van der Waals surface area contributed by atoms with Crippen LogP contribution in [0.2, 0.25) is 10.0 Å². The molecule has 1 N–H and O–H groups in total. The van der Waals surface area contributed by atoms with Gasteiger partial charge in [0.25, 0.3) is 0 Å². The number of para-hydroxylation sites is 1. The highest BCUT2D eigenvalue weighted by molar-refractivity contribution is 7.99. The van der Waals surface area contributed by atoms with Crippen LogP contribution in [-0.2, 0) is 24.4 Å². The number of thiazole rings is 1. The predicted octanol–water partition coefficient (Wildman–Crippen LogP) is 6.13. The van der Waals surface area contributed by atoms with Crippen molar-refractivity contribution >= 4 is 57.3 Å². The summed E-state index contributed by atoms with van der Waals surface area (Å²) in [6, 6.07) is 14.9. The van der Waals surface area contributed by atoms with E-state index in [2.05, 4.69) is 27.1 Å². The number of thioether (sulfide) groups is 1. The second-order valence-corrected chi connectivity index (χ2v) is 10.1. The van der Waals surface area contributed by atoms with Crippen molar-refractivity contribution in [3.8, 4) is 5.75 Å². The van der Waals surface area contributed by atoms with Crippen molar-refractivity contribution in [1.82, 2.24) is 19.7 Å². The highest BCUT2D eigenvalue weighted by Gasteiger charge is 2.15. The van der Waals surface area contributed by atoms with Crippen molar-refractivity contribution in [2.75, 3.05) is 11.1 Å². The number of halogens is 2. The maximum Gasteiger partial charge on any atom is 0.236 e. The van der Waals surface area contributed by atoms with Gasteiger partial charge in [-0.25, -0.2) is 4.98 Å². The van der Waals surface area contributed by atoms with Crippen LogP contribution in [0.1, 0.15) is 16.3 Å². The minimum atomic E-state index is -0.193. The number of nitrogens with one attached hydrogen (secondary N) is 1. The molecule has 11 heteroatoms. The van der Waals surface area contributed by atoms with E-state index in [1.54, 1.807) is 30.5 Å². The molecule has 0 aliphatic carbocycles. The van der Waals surface area contributed by atoms with Crippen LogP contribution >= 0.6 is 46.3 Å². The van der Waals surface area contributed by atoms with Crippen LogP contribution in [0.4, 0.5) is 5.13 Å². The molecule has 0 spiro atoms. The van der Waals surface area contributed by atoms with Gasteiger partial charge in [-0.1, -0.05) is 65.3 Å². The molecule has 4 rings (SSSR count). The van der Waals surface area contributed by atoms with Crippen LogP contribution in [-0.4, -0.2) is 31.4 Å². The van der Waals surface area contributed by atoms with Gasteiger partial charge >= 0.3 is 0 Å². The zero-order chi connectivity index (χ0) is 24.6. The van der Waals surface area contributed by atoms with E-state index in [9.17, 15) is 4.79 Å². The number of hydrogen-bond donors (Lipinski definition) is 1. The summed E-state index contributed by atoms with van der Waals surface area (Å²) in [4.78, 5) is 17.8. The highest BCUT2D eigenvalue weighted by Crippen LogP contribution is 2.30. The first-order valence-electron chi connectivity index (χ1n) is 10.5. The number of hydrogen-bond acceptors (Lipinski definition) is 7. The van der Waals surface area contributed by atoms with Gasteiger partial charge in [-0.15, -0.1) is 28.1 Å². The number of rotatable bonds is 11. The maximum absolute atomic E-state index is 12.5. The molecule has 0 fully saturated rings. The number of allylic oxidation sites excluding steroid dienone is 1. The average molecular weight is 547 g/mol. The Morgan fingerprint density at radius 1 is 1.14 bits per heavy atom. The quantitative estimate of drug-likeness (QED) is 0.180. The average Bonchev–Trinajstić information content (AvgIpc) is 3.46. The van der Waals surface area contributed by atoms with Crippen LogP contribution in [0, 0.1) is 0 Å². The SMILES string of the molecule is C=CCn1c(COc2ccccc2)nnc1SCC(=O)Nc1ncc(Cc2c(Cl)cccc2Cl)s1. The summed E-state index contributed by atoms with van der Waals surface area (Å²) in [5.41, 5.74) is 0.835. The van der Waals surface area contributed by atoms with E-state index in [1.165, 1.54) is 23.1 Å². The Labute approximate surface area is 221 Å². The monoisotopic (exact) mass is 545 g/mol. The Bertz CT molecular complexity index is 1290. The Morgan fingerprint density at radius 3 is 2.66 bits per heavy atom. The van der Waals surface area contributed by atoms with Crippen molar-refractivity contribution in [2.24, 2.45) is 0 Å². The van der Waals surface area contributed by atoms with Crippen molar-refractivity contribution in [3.63, 3.8) is 0 Å². The molecule has 1 amide bonds. The number of benzene rings is 2. The van der Waals surface area contributed by atoms with Crippen molar-refractivity contribution in [1.29, 1.82) is 0 Å². The maximum atomic E-state index is 12.5. The summed E-state index contributed by atoms with van der Waals surface area (Å²) in [5.74, 6) is 1.36. The molecule has 0 aliphatic rings. The third-order valence-corrected chi connectivity index (χ3v) is 7.35. The molecule has 0 aliphatic heterocycles. The van der Waals surface area contributed by atoms with E-state index >= 15 is 0 Å². The van der Waals surface area contributed by atoms with E-state index in [1.807, 2.05) is 34.9 Å². The summed E-state index contributed by atoms with van der Waals surface area (Å²) < 4.78 is 7.66. The van der Waals surface area contributed by atoms with Gasteiger partial charge < -0.3 is 10.1 Å². The number of amides is 1. The molecule has 2 heterocycles. The fourth-order valence-corrected chi connectivity index (χ4v) is 5.26. The van der Waals surface area contributed by atoms with Gasteiger partial charge in [0, 0.05) is 34.1 Å². The molecular formula is C24H21Cl2N5O2S2. The Morgan fingerprint density at radius 2 is 1.91 bits per heavy atom. The molecule has 0 radical (unpaired) electrons. The topological polar surface area (TPSA) is 81.9 Å². The van der Waals surface area contributed by atoms with E-state index in [0.29, 0.717) is 39.1 Å². The minimum absolute atomic E-state index is 0.153. The third kappa shape index (κ3) is 6.85. The molecule has 2 aromatic heterocycles. The number of anilines is 1. The molecule has 0 bridgehead atoms. The van der Waals surface area contributed by atoms with Crippen LogP contribution < -0.4 is 10.1 Å². The van der Waals surface area contributed by atoms with E-state index in [0.717, 1.165) is 16.2 Å². The van der Waals surface area contributed by atoms with E-state index < -0.39 is 0 Å². The summed E-state index contributed by atoms with van der Waals surface area (Å²) in [6.07, 6.45) is 4.01. The van der Waals surface area contributed by atoms with Gasteiger partial charge in [-0.05, 0) is 29.8 Å². The second kappa shape index (κ2) is 12.2. The molecule has 35 heavy (non-hydrogen) atoms. The molecular weight excluding hydrogens is 525 g/mol. The smallest absolute Gasteiger partial charge is 0.236 e. The number of ether oxygens (including phenoxy) is 1. The lowest BCUT2D eigenvalue weighted by molar-refractivity contribution is -0.113. The molecule has 180 valence electrons. The number of aromatic nitrogens is 4. The zero-order valence-corrected chi connectivity index (χ0v) is 21.6. The molecule has 4 aromatic rings. The molecule has 0 atom stereocenters. The van der Waals surface area contributed by atoms with Crippen LogP contribution in [0.15, 0.2) is 72.5 Å². The predicted molar refractivity (Wildman–Crippen MR) is 142 cm³/mol. The molecule has 0 saturated carbocycles. The first-order chi connectivity index (χ1) is 17.0. The fourth-order valence-electron chi connectivity index (χ4n) is 3.12. The van der Waals surface area contributed by atoms with Gasteiger partial charge in [0.15, 0.2) is 16.1 Å². The number of carbonyl (C=O) groups is 1. The van der Waals surface area contributed by atoms with E-state index in [-0.39, 0.29) is 18.3 Å². The second-order valence-electron chi connectivity index (χ2n) is 7.25. The van der Waals surface area contributed by atoms with Gasteiger partial charge in [0.2, 0.25) is 5.91 Å². The number of nitrogens with zero attached hydrogens (tertiary/aromatic N) is 4. The lowest BCUT2D eigenvalue weighted by Crippen LogP contribution is -2.14. The summed E-state index contributed by atoms with van der Waals surface area (Å²) in [7, 11) is 0. The first-order valence-corrected chi connectivity index (χ1v) is 13.1. The van der Waals surface area contributed by atoms with Gasteiger partial charge in [0.05, 0.1) is 5.75 Å². The Kier molecular flexibility index (Phi) is 8.81. The van der Waals surface area contributed by atoms with Crippen molar-refractivity contribution < 1.29 is 9.53 Å². The van der Waals surface area contributed by atoms with Crippen molar-refractivity contribution in [2.45, 2.75) is 24.7 Å². The molecule has 2 aromatic carbocycles. The number of carbonyl (C=O) groups excluding carboxylic acids is 1. The third-order valence-electron chi connectivity index (χ3n) is 4.76. The minimum Gasteiger partial charge on any atom is -0.486 e. The zero-order valence-electron chi connectivity index (χ0n) is 18.5. The van der Waals surface area contributed by atoms with Gasteiger partial charge in [-0.3, -0.25) is 9.36 Å². The standard InChI is InChI=1S/C24H21Cl2N5O2S2/c1-2-11-31-21(14-33-16-7-4-3-5-8-16)29-30-24(31)34-15-22(32)28-23-27-13-17(35-23)12-18-19(25)9-6-10-20(18)26/h2-10,13H,1,11-12,14-15H2,(H,27,28,32). The van der Waals surface area contributed by atoms with Gasteiger partial charge in [-0.2, -0.15) is 0 Å². The van der Waals surface area contributed by atoms with Gasteiger partial charge in [0.1, 0.15) is 12.4 Å². The molecule has 0 saturated heterocycles. The molecule has 0 unspecified atom stereocenters. The summed E-state index contributed by atoms with van der Waals surface area (Å²) in [5, 5.41) is 13.6. The Balaban J connectivity index is 1.33. The van der Waals surface area contributed by atoms with E-state index in [4.69, 9.17) is 27.9 Å². The summed E-state index contributed by atoms with van der Waals surface area (Å²) >= 11 is 15.2. The van der Waals surface area contributed by atoms with Crippen LogP contribution in [0.5, 0.6) is 5.75 Å². The first kappa shape index (κ1) is 25.2. The largest absolute Gasteiger partial charge is 0.486 e. The normalized spacial score (nSPS) is 10.8. The lowest BCUT2D eigenvalue weighted by Gasteiger charge is -2.09. The van der Waals surface area contributed by atoms with Crippen molar-refractivity contribution in [3.05, 3.63) is 93.7 Å². The highest BCUT2D eigenvalue weighted by atomic mass is 35.5. The lowest BCUT2D eigenvalue weighted by atomic mass is 10.1. The van der Waals surface area contributed by atoms with Crippen LogP contribution in [0.25, 0.3) is 0 Å². The van der Waals surface area contributed by atoms with Crippen LogP contribution in [0.3, 0.4) is 0 Å².